The Balaban J connectivity index is 2.19. The molecule has 2 aromatic carbocycles. The number of methoxy groups -OCH3 is 4. The summed E-state index contributed by atoms with van der Waals surface area (Å²) in [6, 6.07) is 6.38. The zero-order valence-corrected chi connectivity index (χ0v) is 20.7. The third-order valence-electron chi connectivity index (χ3n) is 6.66. The molecule has 10 nitrogen and oxygen atoms in total. The molecule has 2 aromatic rings. The summed E-state index contributed by atoms with van der Waals surface area (Å²) in [5, 5.41) is 0. The van der Waals surface area contributed by atoms with Crippen molar-refractivity contribution < 1.29 is 47.6 Å². The molecule has 190 valence electrons. The maximum Gasteiger partial charge on any atom is 0.310 e. The summed E-state index contributed by atoms with van der Waals surface area (Å²) in [7, 11) is 5.40. The number of ether oxygens (including phenoxy) is 6. The highest BCUT2D eigenvalue weighted by Gasteiger charge is 2.60. The molecule has 3 aliphatic rings. The van der Waals surface area contributed by atoms with Crippen molar-refractivity contribution in [3.63, 3.8) is 0 Å². The molecule has 0 aromatic heterocycles. The van der Waals surface area contributed by atoms with Gasteiger partial charge < -0.3 is 28.4 Å². The highest BCUT2D eigenvalue weighted by atomic mass is 16.5. The van der Waals surface area contributed by atoms with Crippen molar-refractivity contribution in [2.75, 3.05) is 28.4 Å². The van der Waals surface area contributed by atoms with Crippen molar-refractivity contribution in [3.05, 3.63) is 46.5 Å². The lowest BCUT2D eigenvalue weighted by molar-refractivity contribution is -0.160. The first-order valence-corrected chi connectivity index (χ1v) is 11.1. The predicted octanol–water partition coefficient (Wildman–Crippen LogP) is 2.72. The second-order valence-electron chi connectivity index (χ2n) is 8.43. The first-order valence-electron chi connectivity index (χ1n) is 11.1. The average molecular weight is 498 g/mol. The van der Waals surface area contributed by atoms with Gasteiger partial charge in [0.05, 0.1) is 40.3 Å². The van der Waals surface area contributed by atoms with E-state index in [0.717, 1.165) is 0 Å². The Bertz CT molecular complexity index is 1190. The minimum absolute atomic E-state index is 0.188. The van der Waals surface area contributed by atoms with Gasteiger partial charge in [-0.05, 0) is 24.3 Å². The van der Waals surface area contributed by atoms with Gasteiger partial charge in [-0.1, -0.05) is 0 Å². The fraction of sp³-hybridized carbons (Fsp3) is 0.385. The van der Waals surface area contributed by atoms with Crippen LogP contribution in [0.1, 0.15) is 47.9 Å². The van der Waals surface area contributed by atoms with Crippen LogP contribution in [0.2, 0.25) is 0 Å². The van der Waals surface area contributed by atoms with Crippen molar-refractivity contribution in [1.29, 1.82) is 0 Å². The fourth-order valence-corrected chi connectivity index (χ4v) is 5.58. The Hall–Kier alpha value is -4.08. The molecule has 0 saturated carbocycles. The van der Waals surface area contributed by atoms with Crippen LogP contribution in [0.3, 0.4) is 0 Å². The number of carbonyl (C=O) groups excluding carboxylic acids is 4. The molecule has 0 spiro atoms. The van der Waals surface area contributed by atoms with Crippen LogP contribution in [0.5, 0.6) is 23.0 Å². The number of rotatable bonds is 6. The van der Waals surface area contributed by atoms with Crippen molar-refractivity contribution in [1.82, 2.24) is 0 Å². The summed E-state index contributed by atoms with van der Waals surface area (Å²) >= 11 is 0. The lowest BCUT2D eigenvalue weighted by Gasteiger charge is -2.49. The summed E-state index contributed by atoms with van der Waals surface area (Å²) in [5.74, 6) is -5.15. The van der Waals surface area contributed by atoms with Crippen molar-refractivity contribution in [3.8, 4) is 23.0 Å². The molecule has 0 radical (unpaired) electrons. The van der Waals surface area contributed by atoms with Gasteiger partial charge in [0.1, 0.15) is 23.0 Å². The van der Waals surface area contributed by atoms with Crippen LogP contribution in [0, 0.1) is 11.8 Å². The van der Waals surface area contributed by atoms with Gasteiger partial charge in [0.25, 0.3) is 0 Å². The quantitative estimate of drug-likeness (QED) is 0.434. The van der Waals surface area contributed by atoms with E-state index in [0.29, 0.717) is 33.8 Å². The van der Waals surface area contributed by atoms with Gasteiger partial charge in [0.2, 0.25) is 0 Å². The molecular weight excluding hydrogens is 472 g/mol. The maximum absolute atomic E-state index is 13.3. The van der Waals surface area contributed by atoms with E-state index in [2.05, 4.69) is 0 Å². The van der Waals surface area contributed by atoms with Gasteiger partial charge in [-0.3, -0.25) is 19.2 Å². The van der Waals surface area contributed by atoms with E-state index in [-0.39, 0.29) is 11.5 Å². The zero-order chi connectivity index (χ0) is 26.3. The molecule has 0 fully saturated rings. The highest BCUT2D eigenvalue weighted by molar-refractivity contribution is 5.90. The summed E-state index contributed by atoms with van der Waals surface area (Å²) in [6.07, 6.45) is 0. The molecule has 2 bridgehead atoms. The van der Waals surface area contributed by atoms with E-state index in [9.17, 15) is 19.2 Å². The van der Waals surface area contributed by atoms with Crippen molar-refractivity contribution in [2.45, 2.75) is 25.7 Å². The zero-order valence-electron chi connectivity index (χ0n) is 20.7. The van der Waals surface area contributed by atoms with E-state index in [1.165, 1.54) is 42.3 Å². The predicted molar refractivity (Wildman–Crippen MR) is 123 cm³/mol. The second kappa shape index (κ2) is 9.52. The molecule has 0 N–H and O–H groups in total. The van der Waals surface area contributed by atoms with Crippen LogP contribution in [-0.4, -0.2) is 52.3 Å². The Morgan fingerprint density at radius 1 is 0.556 bits per heavy atom. The molecule has 0 saturated heterocycles. The van der Waals surface area contributed by atoms with Crippen LogP contribution in [0.15, 0.2) is 24.3 Å². The minimum atomic E-state index is -1.09. The van der Waals surface area contributed by atoms with Gasteiger partial charge in [-0.15, -0.1) is 0 Å². The van der Waals surface area contributed by atoms with E-state index in [4.69, 9.17) is 28.4 Å². The second-order valence-corrected chi connectivity index (χ2v) is 8.43. The minimum Gasteiger partial charge on any atom is -0.496 e. The number of hydrogen-bond acceptors (Lipinski definition) is 10. The fourth-order valence-electron chi connectivity index (χ4n) is 5.58. The van der Waals surface area contributed by atoms with E-state index in [1.807, 2.05) is 0 Å². The molecule has 36 heavy (non-hydrogen) atoms. The largest absolute Gasteiger partial charge is 0.496 e. The third-order valence-corrected chi connectivity index (χ3v) is 6.66. The van der Waals surface area contributed by atoms with Crippen LogP contribution in [0.25, 0.3) is 0 Å². The standard InChI is InChI=1S/C26H26O10/c1-11(27)35-15-9-7-13(31-3)17-19(15)22-20-16(36-12(2)28)10-8-14(32-4)18(20)21(17)23(25(29)33-5)24(22)26(30)34-6/h7-10,21-24H,1-6H3. The monoisotopic (exact) mass is 498 g/mol. The smallest absolute Gasteiger partial charge is 0.310 e. The van der Waals surface area contributed by atoms with Gasteiger partial charge in [-0.25, -0.2) is 0 Å². The maximum atomic E-state index is 13.3. The molecule has 0 amide bonds. The third kappa shape index (κ3) is 3.73. The first-order chi connectivity index (χ1) is 17.2. The Morgan fingerprint density at radius 2 is 0.861 bits per heavy atom. The van der Waals surface area contributed by atoms with Crippen LogP contribution in [-0.2, 0) is 28.7 Å². The lowest BCUT2D eigenvalue weighted by atomic mass is 9.53. The molecule has 2 atom stereocenters. The Morgan fingerprint density at radius 3 is 1.14 bits per heavy atom. The lowest BCUT2D eigenvalue weighted by Crippen LogP contribution is -2.48. The normalized spacial score (nSPS) is 20.9. The molecule has 2 unspecified atom stereocenters. The summed E-state index contributed by atoms with van der Waals surface area (Å²) in [6.45, 7) is 2.52. The van der Waals surface area contributed by atoms with Gasteiger partial charge in [0, 0.05) is 47.9 Å². The van der Waals surface area contributed by atoms with Gasteiger partial charge >= 0.3 is 23.9 Å². The number of fused-ring (bicyclic) bond motifs is 1. The van der Waals surface area contributed by atoms with Crippen LogP contribution >= 0.6 is 0 Å². The van der Waals surface area contributed by atoms with Crippen LogP contribution < -0.4 is 18.9 Å². The van der Waals surface area contributed by atoms with E-state index < -0.39 is 47.5 Å². The Labute approximate surface area is 207 Å². The number of benzene rings is 2. The molecule has 0 aliphatic heterocycles. The molecule has 3 aliphatic carbocycles. The van der Waals surface area contributed by atoms with Crippen molar-refractivity contribution in [2.24, 2.45) is 11.8 Å². The molecule has 0 heterocycles. The number of carbonyl (C=O) groups is 4. The summed E-state index contributed by atoms with van der Waals surface area (Å²) in [5.41, 5.74) is 2.00. The van der Waals surface area contributed by atoms with E-state index in [1.54, 1.807) is 24.3 Å². The highest BCUT2D eigenvalue weighted by Crippen LogP contribution is 2.66. The molecular formula is C26H26O10. The first kappa shape index (κ1) is 25.0. The molecule has 5 rings (SSSR count). The van der Waals surface area contributed by atoms with Gasteiger partial charge in [0.15, 0.2) is 0 Å². The SMILES string of the molecule is COC(=O)C1C2c3c(OC)ccc(OC(C)=O)c3C(c3c(OC(C)=O)ccc(OC)c32)C1C(=O)OC. The number of esters is 4. The van der Waals surface area contributed by atoms with Crippen molar-refractivity contribution >= 4 is 23.9 Å². The van der Waals surface area contributed by atoms with Gasteiger partial charge in [-0.2, -0.15) is 0 Å². The summed E-state index contributed by atoms with van der Waals surface area (Å²) < 4.78 is 32.7. The molecule has 10 heteroatoms. The summed E-state index contributed by atoms with van der Waals surface area (Å²) in [4.78, 5) is 50.5. The average Bonchev–Trinajstić information content (AvgIpc) is 2.86. The topological polar surface area (TPSA) is 124 Å². The Kier molecular flexibility index (Phi) is 6.62. The van der Waals surface area contributed by atoms with Crippen LogP contribution in [0.4, 0.5) is 0 Å². The number of hydrogen-bond donors (Lipinski definition) is 0. The van der Waals surface area contributed by atoms with E-state index >= 15 is 0 Å².